The van der Waals surface area contributed by atoms with Gasteiger partial charge in [0, 0.05) is 22.3 Å². The van der Waals surface area contributed by atoms with Crippen molar-refractivity contribution >= 4 is 27.5 Å². The van der Waals surface area contributed by atoms with Crippen molar-refractivity contribution < 1.29 is 4.42 Å². The lowest BCUT2D eigenvalue weighted by Gasteiger charge is -2.02. The summed E-state index contributed by atoms with van der Waals surface area (Å²) < 4.78 is 6.66. The van der Waals surface area contributed by atoms with Crippen molar-refractivity contribution in [1.29, 1.82) is 0 Å². The van der Waals surface area contributed by atoms with Gasteiger partial charge < -0.3 is 4.42 Å². The molecule has 0 atom stereocenters. The topological polar surface area (TPSA) is 26.0 Å². The Morgan fingerprint density at radius 1 is 1.44 bits per heavy atom. The zero-order valence-electron chi connectivity index (χ0n) is 8.84. The van der Waals surface area contributed by atoms with E-state index in [0.29, 0.717) is 18.2 Å². The Bertz CT molecular complexity index is 496. The zero-order valence-corrected chi connectivity index (χ0v) is 11.2. The van der Waals surface area contributed by atoms with Crippen LogP contribution in [0.2, 0.25) is 0 Å². The van der Waals surface area contributed by atoms with E-state index in [1.54, 1.807) is 6.20 Å². The van der Waals surface area contributed by atoms with Crippen LogP contribution in [0.1, 0.15) is 11.5 Å². The van der Waals surface area contributed by atoms with Crippen LogP contribution >= 0.6 is 27.5 Å². The van der Waals surface area contributed by atoms with Crippen LogP contribution in [0.25, 0.3) is 11.3 Å². The van der Waals surface area contributed by atoms with Crippen LogP contribution in [0.15, 0.2) is 33.3 Å². The molecule has 84 valence electrons. The molecule has 0 spiro atoms. The number of hydrogen-bond acceptors (Lipinski definition) is 2. The van der Waals surface area contributed by atoms with Gasteiger partial charge in [0.2, 0.25) is 0 Å². The van der Waals surface area contributed by atoms with E-state index in [4.69, 9.17) is 16.0 Å². The number of aromatic nitrogens is 1. The van der Waals surface area contributed by atoms with E-state index in [2.05, 4.69) is 20.9 Å². The maximum Gasteiger partial charge on any atom is 0.196 e. The van der Waals surface area contributed by atoms with Gasteiger partial charge in [-0.15, -0.1) is 11.6 Å². The highest BCUT2D eigenvalue weighted by Crippen LogP contribution is 2.27. The Labute approximate surface area is 108 Å². The number of halogens is 2. The molecular formula is C12H11BrClNO. The number of alkyl halides is 1. The van der Waals surface area contributed by atoms with E-state index in [1.165, 1.54) is 0 Å². The van der Waals surface area contributed by atoms with Gasteiger partial charge in [-0.3, -0.25) is 0 Å². The molecular weight excluding hydrogens is 289 g/mol. The van der Waals surface area contributed by atoms with Gasteiger partial charge in [-0.25, -0.2) is 4.98 Å². The first-order chi connectivity index (χ1) is 7.70. The number of benzene rings is 1. The molecule has 0 fully saturated rings. The molecule has 0 saturated carbocycles. The minimum Gasteiger partial charge on any atom is -0.441 e. The van der Waals surface area contributed by atoms with Gasteiger partial charge in [0.15, 0.2) is 11.7 Å². The molecule has 0 radical (unpaired) electrons. The van der Waals surface area contributed by atoms with Gasteiger partial charge in [-0.2, -0.15) is 0 Å². The van der Waals surface area contributed by atoms with Crippen molar-refractivity contribution in [3.63, 3.8) is 0 Å². The SMILES string of the molecule is Cc1ccc(Br)cc1-c1cnc(CCCl)o1. The summed E-state index contributed by atoms with van der Waals surface area (Å²) in [6.45, 7) is 2.05. The summed E-state index contributed by atoms with van der Waals surface area (Å²) in [5.74, 6) is 2.00. The van der Waals surface area contributed by atoms with E-state index >= 15 is 0 Å². The molecule has 0 unspecified atom stereocenters. The molecule has 4 heteroatoms. The highest BCUT2D eigenvalue weighted by molar-refractivity contribution is 9.10. The van der Waals surface area contributed by atoms with Crippen LogP contribution in [0.5, 0.6) is 0 Å². The van der Waals surface area contributed by atoms with Crippen molar-refractivity contribution in [1.82, 2.24) is 4.98 Å². The molecule has 0 amide bonds. The molecule has 0 aliphatic heterocycles. The van der Waals surface area contributed by atoms with Crippen molar-refractivity contribution in [2.45, 2.75) is 13.3 Å². The molecule has 1 heterocycles. The Hall–Kier alpha value is -0.800. The second kappa shape index (κ2) is 5.02. The number of rotatable bonds is 3. The van der Waals surface area contributed by atoms with Gasteiger partial charge in [0.25, 0.3) is 0 Å². The van der Waals surface area contributed by atoms with Gasteiger partial charge in [0.05, 0.1) is 6.20 Å². The molecule has 2 rings (SSSR count). The summed E-state index contributed by atoms with van der Waals surface area (Å²) >= 11 is 9.09. The second-order valence-corrected chi connectivity index (χ2v) is 4.81. The minimum absolute atomic E-state index is 0.525. The van der Waals surface area contributed by atoms with E-state index in [-0.39, 0.29) is 0 Å². The fourth-order valence-corrected chi connectivity index (χ4v) is 2.01. The summed E-state index contributed by atoms with van der Waals surface area (Å²) in [7, 11) is 0. The lowest BCUT2D eigenvalue weighted by molar-refractivity contribution is 0.514. The first kappa shape index (κ1) is 11.7. The molecule has 1 aromatic carbocycles. The van der Waals surface area contributed by atoms with Gasteiger partial charge >= 0.3 is 0 Å². The Kier molecular flexibility index (Phi) is 3.66. The van der Waals surface area contributed by atoms with Crippen molar-refractivity contribution in [3.8, 4) is 11.3 Å². The summed E-state index contributed by atoms with van der Waals surface area (Å²) in [5.41, 5.74) is 2.22. The predicted octanol–water partition coefficient (Wildman–Crippen LogP) is 4.19. The quantitative estimate of drug-likeness (QED) is 0.794. The van der Waals surface area contributed by atoms with Crippen LogP contribution < -0.4 is 0 Å². The van der Waals surface area contributed by atoms with Crippen molar-refractivity contribution in [2.75, 3.05) is 5.88 Å². The average molecular weight is 301 g/mol. The molecule has 0 aliphatic rings. The van der Waals surface area contributed by atoms with Crippen LogP contribution in [0, 0.1) is 6.92 Å². The number of aryl methyl sites for hydroxylation is 2. The summed E-state index contributed by atoms with van der Waals surface area (Å²) in [6.07, 6.45) is 2.41. The highest BCUT2D eigenvalue weighted by Gasteiger charge is 2.08. The maximum atomic E-state index is 5.64. The maximum absolute atomic E-state index is 5.64. The van der Waals surface area contributed by atoms with Gasteiger partial charge in [0.1, 0.15) is 0 Å². The summed E-state index contributed by atoms with van der Waals surface area (Å²) in [5, 5.41) is 0. The molecule has 0 saturated heterocycles. The monoisotopic (exact) mass is 299 g/mol. The van der Waals surface area contributed by atoms with Gasteiger partial charge in [-0.1, -0.05) is 22.0 Å². The largest absolute Gasteiger partial charge is 0.441 e. The van der Waals surface area contributed by atoms with Crippen LogP contribution in [0.4, 0.5) is 0 Å². The zero-order chi connectivity index (χ0) is 11.5. The van der Waals surface area contributed by atoms with Crippen LogP contribution in [0.3, 0.4) is 0 Å². The normalized spacial score (nSPS) is 10.7. The van der Waals surface area contributed by atoms with Crippen molar-refractivity contribution in [2.24, 2.45) is 0 Å². The minimum atomic E-state index is 0.525. The molecule has 0 N–H and O–H groups in total. The Morgan fingerprint density at radius 2 is 2.25 bits per heavy atom. The van der Waals surface area contributed by atoms with E-state index in [1.807, 2.05) is 25.1 Å². The number of oxazole rings is 1. The predicted molar refractivity (Wildman–Crippen MR) is 68.8 cm³/mol. The first-order valence-corrected chi connectivity index (χ1v) is 6.30. The van der Waals surface area contributed by atoms with Crippen LogP contribution in [-0.2, 0) is 6.42 Å². The van der Waals surface area contributed by atoms with Gasteiger partial charge in [-0.05, 0) is 24.6 Å². The fraction of sp³-hybridized carbons (Fsp3) is 0.250. The molecule has 2 aromatic rings. The summed E-state index contributed by atoms with van der Waals surface area (Å²) in [6, 6.07) is 6.08. The second-order valence-electron chi connectivity index (χ2n) is 3.52. The third-order valence-corrected chi connectivity index (χ3v) is 3.01. The average Bonchev–Trinajstić information content (AvgIpc) is 2.71. The Morgan fingerprint density at radius 3 is 3.00 bits per heavy atom. The third kappa shape index (κ3) is 2.47. The van der Waals surface area contributed by atoms with E-state index in [0.717, 1.165) is 21.4 Å². The fourth-order valence-electron chi connectivity index (χ4n) is 1.49. The molecule has 1 aromatic heterocycles. The third-order valence-electron chi connectivity index (χ3n) is 2.33. The Balaban J connectivity index is 2.38. The van der Waals surface area contributed by atoms with E-state index in [9.17, 15) is 0 Å². The standard InChI is InChI=1S/C12H11BrClNO/c1-8-2-3-9(13)6-10(8)11-7-15-12(16-11)4-5-14/h2-3,6-7H,4-5H2,1H3. The van der Waals surface area contributed by atoms with E-state index < -0.39 is 0 Å². The lowest BCUT2D eigenvalue weighted by Crippen LogP contribution is -1.83. The molecule has 0 bridgehead atoms. The molecule has 16 heavy (non-hydrogen) atoms. The lowest BCUT2D eigenvalue weighted by atomic mass is 10.1. The smallest absolute Gasteiger partial charge is 0.196 e. The number of nitrogens with zero attached hydrogens (tertiary/aromatic N) is 1. The molecule has 2 nitrogen and oxygen atoms in total. The molecule has 0 aliphatic carbocycles. The summed E-state index contributed by atoms with van der Waals surface area (Å²) in [4.78, 5) is 4.19. The van der Waals surface area contributed by atoms with Crippen molar-refractivity contribution in [3.05, 3.63) is 40.3 Å². The van der Waals surface area contributed by atoms with Crippen LogP contribution in [-0.4, -0.2) is 10.9 Å². The highest BCUT2D eigenvalue weighted by atomic mass is 79.9. The first-order valence-electron chi connectivity index (χ1n) is 4.98. The number of hydrogen-bond donors (Lipinski definition) is 0.